The molecule has 4 rings (SSSR count). The molecule has 1 heterocycles. The molecule has 0 atom stereocenters. The smallest absolute Gasteiger partial charge is 0.261 e. The van der Waals surface area contributed by atoms with Crippen molar-refractivity contribution in [3.63, 3.8) is 0 Å². The third kappa shape index (κ3) is 4.00. The van der Waals surface area contributed by atoms with Gasteiger partial charge in [0.15, 0.2) is 0 Å². The lowest BCUT2D eigenvalue weighted by Crippen LogP contribution is -2.23. The van der Waals surface area contributed by atoms with Gasteiger partial charge < -0.3 is 5.32 Å². The summed E-state index contributed by atoms with van der Waals surface area (Å²) in [5, 5.41) is 3.97. The Bertz CT molecular complexity index is 1060. The predicted octanol–water partition coefficient (Wildman–Crippen LogP) is 4.45. The number of rotatable bonds is 4. The Morgan fingerprint density at radius 1 is 0.852 bits per heavy atom. The largest absolute Gasteiger partial charge is 0.312 e. The van der Waals surface area contributed by atoms with Crippen LogP contribution in [-0.4, -0.2) is 15.0 Å². The van der Waals surface area contributed by atoms with Gasteiger partial charge in [-0.25, -0.2) is 8.42 Å². The first kappa shape index (κ1) is 18.0. The van der Waals surface area contributed by atoms with Gasteiger partial charge in [0.25, 0.3) is 10.0 Å². The minimum atomic E-state index is -3.64. The summed E-state index contributed by atoms with van der Waals surface area (Å²) >= 11 is 5.91. The maximum Gasteiger partial charge on any atom is 0.261 e. The Morgan fingerprint density at radius 2 is 1.52 bits per heavy atom. The summed E-state index contributed by atoms with van der Waals surface area (Å²) in [4.78, 5) is 0.232. The highest BCUT2D eigenvalue weighted by atomic mass is 35.5. The molecule has 0 spiro atoms. The van der Waals surface area contributed by atoms with Gasteiger partial charge in [0, 0.05) is 17.3 Å². The second-order valence-electron chi connectivity index (χ2n) is 6.55. The highest BCUT2D eigenvalue weighted by molar-refractivity contribution is 7.92. The van der Waals surface area contributed by atoms with Gasteiger partial charge in [-0.1, -0.05) is 41.9 Å². The fourth-order valence-corrected chi connectivity index (χ4v) is 4.40. The van der Waals surface area contributed by atoms with E-state index in [2.05, 4.69) is 10.0 Å². The van der Waals surface area contributed by atoms with E-state index in [9.17, 15) is 8.42 Å². The molecule has 0 bridgehead atoms. The molecule has 4 nitrogen and oxygen atoms in total. The van der Waals surface area contributed by atoms with E-state index in [-0.39, 0.29) is 4.90 Å². The number of fused-ring (bicyclic) bond motifs is 1. The topological polar surface area (TPSA) is 58.2 Å². The molecule has 0 radical (unpaired) electrons. The molecule has 0 fully saturated rings. The summed E-state index contributed by atoms with van der Waals surface area (Å²) in [7, 11) is -3.64. The molecule has 6 heteroatoms. The third-order valence-corrected chi connectivity index (χ3v) is 6.34. The number of benzene rings is 3. The highest BCUT2D eigenvalue weighted by Crippen LogP contribution is 2.25. The van der Waals surface area contributed by atoms with Crippen molar-refractivity contribution < 1.29 is 8.42 Å². The first-order valence-electron chi connectivity index (χ1n) is 8.73. The van der Waals surface area contributed by atoms with Crippen LogP contribution in [0.4, 0.5) is 5.69 Å². The van der Waals surface area contributed by atoms with Crippen molar-refractivity contribution in [3.8, 4) is 11.1 Å². The fourth-order valence-electron chi connectivity index (χ4n) is 3.23. The van der Waals surface area contributed by atoms with Crippen LogP contribution in [0.15, 0.2) is 71.6 Å². The van der Waals surface area contributed by atoms with Crippen molar-refractivity contribution in [3.05, 3.63) is 82.9 Å². The molecule has 2 N–H and O–H groups in total. The predicted molar refractivity (Wildman–Crippen MR) is 110 cm³/mol. The molecular weight excluding hydrogens is 380 g/mol. The SMILES string of the molecule is O=S(=O)(Nc1ccc2c(c1)CNCC2)c1ccc(-c2ccc(Cl)cc2)cc1. The lowest BCUT2D eigenvalue weighted by molar-refractivity contribution is 0.601. The van der Waals surface area contributed by atoms with Crippen molar-refractivity contribution in [1.82, 2.24) is 5.32 Å². The van der Waals surface area contributed by atoms with Crippen molar-refractivity contribution in [1.29, 1.82) is 0 Å². The monoisotopic (exact) mass is 398 g/mol. The van der Waals surface area contributed by atoms with Crippen molar-refractivity contribution in [2.75, 3.05) is 11.3 Å². The average Bonchev–Trinajstić information content (AvgIpc) is 2.68. The van der Waals surface area contributed by atoms with Crippen molar-refractivity contribution in [2.24, 2.45) is 0 Å². The van der Waals surface area contributed by atoms with E-state index in [0.29, 0.717) is 10.7 Å². The van der Waals surface area contributed by atoms with Crippen molar-refractivity contribution >= 4 is 27.3 Å². The zero-order chi connectivity index (χ0) is 18.9. The molecule has 138 valence electrons. The summed E-state index contributed by atoms with van der Waals surface area (Å²) in [6.45, 7) is 1.72. The minimum Gasteiger partial charge on any atom is -0.312 e. The molecular formula is C21H19ClN2O2S. The van der Waals surface area contributed by atoms with E-state index in [1.165, 1.54) is 5.56 Å². The number of halogens is 1. The Labute approximate surface area is 164 Å². The maximum absolute atomic E-state index is 12.7. The molecule has 0 aliphatic carbocycles. The van der Waals surface area contributed by atoms with Crippen LogP contribution < -0.4 is 10.0 Å². The number of nitrogens with one attached hydrogen (secondary N) is 2. The summed E-state index contributed by atoms with van der Waals surface area (Å²) in [5.74, 6) is 0. The average molecular weight is 399 g/mol. The molecule has 3 aromatic carbocycles. The molecule has 0 amide bonds. The van der Waals surface area contributed by atoms with Gasteiger partial charge in [0.05, 0.1) is 4.90 Å². The van der Waals surface area contributed by atoms with Gasteiger partial charge in [-0.05, 0) is 71.6 Å². The number of hydrogen-bond donors (Lipinski definition) is 2. The Kier molecular flexibility index (Phi) is 4.91. The Balaban J connectivity index is 1.56. The summed E-state index contributed by atoms with van der Waals surface area (Å²) in [5.41, 5.74) is 4.91. The third-order valence-electron chi connectivity index (χ3n) is 4.69. The lowest BCUT2D eigenvalue weighted by atomic mass is 10.0. The summed E-state index contributed by atoms with van der Waals surface area (Å²) in [6.07, 6.45) is 0.967. The summed E-state index contributed by atoms with van der Waals surface area (Å²) < 4.78 is 28.1. The van der Waals surface area contributed by atoms with Crippen molar-refractivity contribution in [2.45, 2.75) is 17.9 Å². The maximum atomic E-state index is 12.7. The first-order chi connectivity index (χ1) is 13.0. The van der Waals surface area contributed by atoms with Gasteiger partial charge in [-0.3, -0.25) is 4.72 Å². The molecule has 0 saturated heterocycles. The Morgan fingerprint density at radius 3 is 2.22 bits per heavy atom. The number of anilines is 1. The zero-order valence-electron chi connectivity index (χ0n) is 14.6. The van der Waals surface area contributed by atoms with Gasteiger partial charge in [-0.2, -0.15) is 0 Å². The molecule has 0 aromatic heterocycles. The number of hydrogen-bond acceptors (Lipinski definition) is 3. The second-order valence-corrected chi connectivity index (χ2v) is 8.67. The second kappa shape index (κ2) is 7.35. The van der Waals surface area contributed by atoms with Gasteiger partial charge >= 0.3 is 0 Å². The van der Waals surface area contributed by atoms with Gasteiger partial charge in [0.1, 0.15) is 0 Å². The standard InChI is InChI=1S/C21H19ClN2O2S/c22-19-6-1-15(2-7-19)16-4-9-21(10-5-16)27(25,26)24-20-8-3-17-11-12-23-14-18(17)13-20/h1-10,13,23-24H,11-12,14H2. The molecule has 3 aromatic rings. The van der Waals surface area contributed by atoms with Crippen LogP contribution in [0.1, 0.15) is 11.1 Å². The first-order valence-corrected chi connectivity index (χ1v) is 10.6. The minimum absolute atomic E-state index is 0.232. The van der Waals surface area contributed by atoms with Crippen LogP contribution in [0.5, 0.6) is 0 Å². The van der Waals surface area contributed by atoms with E-state index in [1.807, 2.05) is 42.5 Å². The molecule has 0 saturated carbocycles. The summed E-state index contributed by atoms with van der Waals surface area (Å²) in [6, 6.07) is 20.0. The number of sulfonamides is 1. The van der Waals surface area contributed by atoms with Crippen LogP contribution in [0.2, 0.25) is 5.02 Å². The molecule has 1 aliphatic rings. The fraction of sp³-hybridized carbons (Fsp3) is 0.143. The molecule has 27 heavy (non-hydrogen) atoms. The normalized spacial score (nSPS) is 13.8. The zero-order valence-corrected chi connectivity index (χ0v) is 16.1. The molecule has 1 aliphatic heterocycles. The van der Waals surface area contributed by atoms with Crippen LogP contribution in [0.25, 0.3) is 11.1 Å². The van der Waals surface area contributed by atoms with E-state index in [0.717, 1.165) is 36.2 Å². The van der Waals surface area contributed by atoms with Crippen LogP contribution >= 0.6 is 11.6 Å². The lowest BCUT2D eigenvalue weighted by Gasteiger charge is -2.18. The molecule has 0 unspecified atom stereocenters. The van der Waals surface area contributed by atoms with Gasteiger partial charge in [0.2, 0.25) is 0 Å². The van der Waals surface area contributed by atoms with Crippen LogP contribution in [0.3, 0.4) is 0 Å². The van der Waals surface area contributed by atoms with E-state index in [4.69, 9.17) is 11.6 Å². The van der Waals surface area contributed by atoms with Gasteiger partial charge in [-0.15, -0.1) is 0 Å². The van der Waals surface area contributed by atoms with Crippen LogP contribution in [0, 0.1) is 0 Å². The van der Waals surface area contributed by atoms with E-state index < -0.39 is 10.0 Å². The van der Waals surface area contributed by atoms with E-state index >= 15 is 0 Å². The quantitative estimate of drug-likeness (QED) is 0.682. The van der Waals surface area contributed by atoms with E-state index in [1.54, 1.807) is 24.3 Å². The van der Waals surface area contributed by atoms with Crippen LogP contribution in [-0.2, 0) is 23.0 Å². The Hall–Kier alpha value is -2.34. The highest BCUT2D eigenvalue weighted by Gasteiger charge is 2.16.